The molecule has 1 aliphatic rings. The van der Waals surface area contributed by atoms with Crippen molar-refractivity contribution in [1.82, 2.24) is 5.32 Å². The Hall–Kier alpha value is -3.02. The molecule has 11 heteroatoms. The number of allylic oxidation sites excluding steroid dienone is 1. The van der Waals surface area contributed by atoms with Gasteiger partial charge in [0, 0.05) is 26.2 Å². The zero-order valence-electron chi connectivity index (χ0n) is 31.1. The molecule has 2 atom stereocenters. The highest BCUT2D eigenvalue weighted by Crippen LogP contribution is 2.44. The Kier molecular flexibility index (Phi) is 19.0. The molecular formula is C40H57NO7S2Si. The first-order chi connectivity index (χ1) is 24.5. The van der Waals surface area contributed by atoms with Gasteiger partial charge in [0.25, 0.3) is 0 Å². The van der Waals surface area contributed by atoms with Gasteiger partial charge in [-0.1, -0.05) is 119 Å². The molecule has 2 aromatic carbocycles. The minimum Gasteiger partial charge on any atom is -0.466 e. The van der Waals surface area contributed by atoms with E-state index in [1.165, 1.54) is 24.6 Å². The van der Waals surface area contributed by atoms with E-state index in [0.29, 0.717) is 37.4 Å². The van der Waals surface area contributed by atoms with Gasteiger partial charge in [0.15, 0.2) is 5.12 Å². The summed E-state index contributed by atoms with van der Waals surface area (Å²) in [5.74, 6) is 0.00126. The Morgan fingerprint density at radius 2 is 1.57 bits per heavy atom. The van der Waals surface area contributed by atoms with Crippen molar-refractivity contribution in [2.45, 2.75) is 108 Å². The van der Waals surface area contributed by atoms with E-state index in [1.807, 2.05) is 36.6 Å². The number of ether oxygens (including phenoxy) is 3. The molecule has 0 saturated heterocycles. The van der Waals surface area contributed by atoms with Crippen molar-refractivity contribution in [3.05, 3.63) is 71.8 Å². The van der Waals surface area contributed by atoms with Gasteiger partial charge in [-0.15, -0.1) is 0 Å². The van der Waals surface area contributed by atoms with Crippen LogP contribution in [0.1, 0.15) is 81.8 Å². The number of alkyl carbamates (subject to hydrolysis) is 1. The molecule has 1 amide bonds. The molecule has 0 heterocycles. The third-order valence-electron chi connectivity index (χ3n) is 8.66. The lowest BCUT2D eigenvalue weighted by Crippen LogP contribution is -2.44. The average molecular weight is 756 g/mol. The summed E-state index contributed by atoms with van der Waals surface area (Å²) < 4.78 is 17.1. The van der Waals surface area contributed by atoms with Crippen LogP contribution >= 0.6 is 23.5 Å². The summed E-state index contributed by atoms with van der Waals surface area (Å²) >= 11 is 2.86. The standard InChI is InChI=1S/C40H57NO7S2Si/c1-6-7-8-9-10-22-38(43)50-25-16-15-17-30(28-37(42)46-24-27-51(3,4)5)48-39(44)36(23-26-49-2)41-40(45)47-29-35-33-20-13-11-18-31(33)32-19-12-14-21-34(32)35/h11-15,17-21,30,35-36H,6-10,16,22-29H2,1-5H3,(H,41,45)/b17-15+/t30-,36+/m1/s1. The lowest BCUT2D eigenvalue weighted by atomic mass is 9.98. The lowest BCUT2D eigenvalue weighted by Gasteiger charge is -2.21. The normalized spacial score (nSPS) is 13.7. The van der Waals surface area contributed by atoms with Gasteiger partial charge < -0.3 is 19.5 Å². The molecule has 1 aliphatic carbocycles. The van der Waals surface area contributed by atoms with Crippen LogP contribution in [0.4, 0.5) is 4.79 Å². The lowest BCUT2D eigenvalue weighted by molar-refractivity contribution is -0.154. The smallest absolute Gasteiger partial charge is 0.407 e. The van der Waals surface area contributed by atoms with E-state index in [1.54, 1.807) is 17.8 Å². The molecule has 280 valence electrons. The van der Waals surface area contributed by atoms with Crippen molar-refractivity contribution < 1.29 is 33.4 Å². The van der Waals surface area contributed by atoms with Gasteiger partial charge in [0.05, 0.1) is 13.0 Å². The maximum absolute atomic E-state index is 13.5. The number of fused-ring (bicyclic) bond motifs is 3. The summed E-state index contributed by atoms with van der Waals surface area (Å²) in [4.78, 5) is 51.7. The Morgan fingerprint density at radius 3 is 2.22 bits per heavy atom. The van der Waals surface area contributed by atoms with Crippen LogP contribution in [0.5, 0.6) is 0 Å². The fourth-order valence-corrected chi connectivity index (χ4v) is 7.73. The molecule has 0 bridgehead atoms. The summed E-state index contributed by atoms with van der Waals surface area (Å²) in [7, 11) is -1.40. The van der Waals surface area contributed by atoms with Crippen LogP contribution in [-0.4, -0.2) is 74.3 Å². The van der Waals surface area contributed by atoms with Crippen molar-refractivity contribution in [3.63, 3.8) is 0 Å². The van der Waals surface area contributed by atoms with Crippen molar-refractivity contribution >= 4 is 54.7 Å². The molecular weight excluding hydrogens is 699 g/mol. The molecule has 0 aromatic heterocycles. The number of esters is 2. The molecule has 2 aromatic rings. The third-order valence-corrected chi connectivity index (χ3v) is 12.0. The first-order valence-electron chi connectivity index (χ1n) is 18.3. The van der Waals surface area contributed by atoms with Crippen molar-refractivity contribution in [3.8, 4) is 11.1 Å². The van der Waals surface area contributed by atoms with E-state index in [0.717, 1.165) is 47.6 Å². The van der Waals surface area contributed by atoms with E-state index < -0.39 is 38.3 Å². The summed E-state index contributed by atoms with van der Waals surface area (Å²) in [6.45, 7) is 9.25. The number of thioether (sulfide) groups is 2. The molecule has 1 N–H and O–H groups in total. The molecule has 0 fully saturated rings. The van der Waals surface area contributed by atoms with Crippen LogP contribution in [0.3, 0.4) is 0 Å². The number of unbranched alkanes of at least 4 members (excludes halogenated alkanes) is 4. The zero-order chi connectivity index (χ0) is 37.1. The molecule has 0 saturated carbocycles. The quantitative estimate of drug-likeness (QED) is 0.0390. The Labute approximate surface area is 314 Å². The molecule has 0 radical (unpaired) electrons. The number of carbonyl (C=O) groups is 4. The number of benzene rings is 2. The Bertz CT molecular complexity index is 1400. The topological polar surface area (TPSA) is 108 Å². The van der Waals surface area contributed by atoms with Gasteiger partial charge >= 0.3 is 18.0 Å². The number of rotatable bonds is 23. The second kappa shape index (κ2) is 22.8. The minimum atomic E-state index is -1.40. The van der Waals surface area contributed by atoms with Crippen LogP contribution in [-0.2, 0) is 28.6 Å². The first kappa shape index (κ1) is 42.4. The second-order valence-corrected chi connectivity index (χ2v) is 21.9. The van der Waals surface area contributed by atoms with E-state index in [9.17, 15) is 19.2 Å². The third kappa shape index (κ3) is 15.6. The number of hydrogen-bond acceptors (Lipinski definition) is 9. The summed E-state index contributed by atoms with van der Waals surface area (Å²) in [5.41, 5.74) is 4.46. The van der Waals surface area contributed by atoms with E-state index in [-0.39, 0.29) is 24.1 Å². The fraction of sp³-hybridized carbons (Fsp3) is 0.550. The summed E-state index contributed by atoms with van der Waals surface area (Å²) in [6, 6.07) is 16.1. The SMILES string of the molecule is CCCCCCCC(=O)SCC/C=C/[C@H](CC(=O)OCC[Si](C)(C)C)OC(=O)[C@H](CCSC)NC(=O)OCC1c2ccccc2-c2ccccc21. The maximum atomic E-state index is 13.5. The van der Waals surface area contributed by atoms with Crippen LogP contribution in [0, 0.1) is 0 Å². The fourth-order valence-electron chi connectivity index (χ4n) is 5.78. The molecule has 0 spiro atoms. The highest BCUT2D eigenvalue weighted by molar-refractivity contribution is 8.13. The predicted octanol–water partition coefficient (Wildman–Crippen LogP) is 9.40. The molecule has 0 unspecified atom stereocenters. The van der Waals surface area contributed by atoms with Crippen LogP contribution in [0.15, 0.2) is 60.7 Å². The minimum absolute atomic E-state index is 0.111. The number of carbonyl (C=O) groups excluding carboxylic acids is 4. The molecule has 8 nitrogen and oxygen atoms in total. The van der Waals surface area contributed by atoms with E-state index >= 15 is 0 Å². The molecule has 3 rings (SSSR count). The highest BCUT2D eigenvalue weighted by Gasteiger charge is 2.31. The van der Waals surface area contributed by atoms with Crippen LogP contribution in [0.2, 0.25) is 25.7 Å². The van der Waals surface area contributed by atoms with Gasteiger partial charge in [-0.05, 0) is 65.6 Å². The first-order valence-corrected chi connectivity index (χ1v) is 24.4. The van der Waals surface area contributed by atoms with Gasteiger partial charge in [-0.2, -0.15) is 11.8 Å². The van der Waals surface area contributed by atoms with Gasteiger partial charge in [-0.25, -0.2) is 9.59 Å². The van der Waals surface area contributed by atoms with Crippen molar-refractivity contribution in [2.75, 3.05) is 31.0 Å². The monoisotopic (exact) mass is 755 g/mol. The van der Waals surface area contributed by atoms with Crippen molar-refractivity contribution in [1.29, 1.82) is 0 Å². The summed E-state index contributed by atoms with van der Waals surface area (Å²) in [6.07, 6.45) is 10.8. The van der Waals surface area contributed by atoms with E-state index in [4.69, 9.17) is 14.2 Å². The Morgan fingerprint density at radius 1 is 0.902 bits per heavy atom. The maximum Gasteiger partial charge on any atom is 0.407 e. The number of hydrogen-bond donors (Lipinski definition) is 1. The van der Waals surface area contributed by atoms with Crippen LogP contribution in [0.25, 0.3) is 11.1 Å². The van der Waals surface area contributed by atoms with Gasteiger partial charge in [0.2, 0.25) is 0 Å². The van der Waals surface area contributed by atoms with E-state index in [2.05, 4.69) is 56.1 Å². The number of nitrogens with one attached hydrogen (secondary N) is 1. The zero-order valence-corrected chi connectivity index (χ0v) is 33.7. The molecule has 0 aliphatic heterocycles. The van der Waals surface area contributed by atoms with Crippen molar-refractivity contribution in [2.24, 2.45) is 0 Å². The van der Waals surface area contributed by atoms with Gasteiger partial charge in [0.1, 0.15) is 18.8 Å². The average Bonchev–Trinajstić information content (AvgIpc) is 3.41. The number of amides is 1. The highest BCUT2D eigenvalue weighted by atomic mass is 32.2. The van der Waals surface area contributed by atoms with Crippen LogP contribution < -0.4 is 5.32 Å². The van der Waals surface area contributed by atoms with Gasteiger partial charge in [-0.3, -0.25) is 9.59 Å². The largest absolute Gasteiger partial charge is 0.466 e. The molecule has 51 heavy (non-hydrogen) atoms. The Balaban J connectivity index is 1.59. The predicted molar refractivity (Wildman–Crippen MR) is 213 cm³/mol. The second-order valence-electron chi connectivity index (χ2n) is 14.1. The summed E-state index contributed by atoms with van der Waals surface area (Å²) in [5, 5.41) is 2.91.